The fourth-order valence-corrected chi connectivity index (χ4v) is 2.85. The van der Waals surface area contributed by atoms with Crippen molar-refractivity contribution < 1.29 is 14.6 Å². The average Bonchev–Trinajstić information content (AvgIpc) is 2.91. The lowest BCUT2D eigenvalue weighted by Gasteiger charge is -2.26. The van der Waals surface area contributed by atoms with Crippen molar-refractivity contribution in [3.8, 4) is 5.75 Å². The third kappa shape index (κ3) is 4.69. The maximum absolute atomic E-state index is 10.9. The van der Waals surface area contributed by atoms with Crippen LogP contribution >= 0.6 is 11.6 Å². The van der Waals surface area contributed by atoms with Crippen LogP contribution in [0.3, 0.4) is 0 Å². The van der Waals surface area contributed by atoms with Gasteiger partial charge >= 0.3 is 5.97 Å². The Morgan fingerprint density at radius 1 is 1.40 bits per heavy atom. The SMILES string of the molecule is O=C(O)CN(CCOc1cccc(Cl)c1)C1CCCC1. The van der Waals surface area contributed by atoms with Crippen LogP contribution in [0.2, 0.25) is 5.02 Å². The highest BCUT2D eigenvalue weighted by atomic mass is 35.5. The van der Waals surface area contributed by atoms with Gasteiger partial charge in [-0.25, -0.2) is 0 Å². The van der Waals surface area contributed by atoms with Gasteiger partial charge in [-0.05, 0) is 31.0 Å². The zero-order valence-corrected chi connectivity index (χ0v) is 12.2. The highest BCUT2D eigenvalue weighted by Crippen LogP contribution is 2.23. The van der Waals surface area contributed by atoms with E-state index in [1.165, 1.54) is 12.8 Å². The minimum absolute atomic E-state index is 0.0869. The van der Waals surface area contributed by atoms with Crippen LogP contribution in [0.25, 0.3) is 0 Å². The van der Waals surface area contributed by atoms with Crippen LogP contribution < -0.4 is 4.74 Å². The molecule has 0 bridgehead atoms. The molecule has 0 atom stereocenters. The van der Waals surface area contributed by atoms with Crippen molar-refractivity contribution in [1.82, 2.24) is 4.90 Å². The largest absolute Gasteiger partial charge is 0.492 e. The Balaban J connectivity index is 1.83. The number of carboxylic acids is 1. The van der Waals surface area contributed by atoms with Crippen molar-refractivity contribution in [2.45, 2.75) is 31.7 Å². The molecule has 0 aliphatic heterocycles. The predicted molar refractivity (Wildman–Crippen MR) is 78.4 cm³/mol. The highest BCUT2D eigenvalue weighted by molar-refractivity contribution is 6.30. The molecule has 0 radical (unpaired) electrons. The zero-order valence-electron chi connectivity index (χ0n) is 11.4. The number of benzene rings is 1. The summed E-state index contributed by atoms with van der Waals surface area (Å²) in [6, 6.07) is 7.63. The molecule has 0 heterocycles. The van der Waals surface area contributed by atoms with Crippen molar-refractivity contribution in [1.29, 1.82) is 0 Å². The normalized spacial score (nSPS) is 15.7. The number of ether oxygens (including phenoxy) is 1. The molecule has 5 heteroatoms. The van der Waals surface area contributed by atoms with Crippen molar-refractivity contribution >= 4 is 17.6 Å². The number of nitrogens with zero attached hydrogens (tertiary/aromatic N) is 1. The van der Waals surface area contributed by atoms with Gasteiger partial charge in [-0.2, -0.15) is 0 Å². The molecule has 1 fully saturated rings. The first kappa shape index (κ1) is 15.1. The molecule has 0 aromatic heterocycles. The summed E-state index contributed by atoms with van der Waals surface area (Å²) in [7, 11) is 0. The first-order valence-electron chi connectivity index (χ1n) is 6.99. The van der Waals surface area contributed by atoms with Gasteiger partial charge in [-0.1, -0.05) is 30.5 Å². The first-order chi connectivity index (χ1) is 9.65. The fourth-order valence-electron chi connectivity index (χ4n) is 2.67. The molecule has 4 nitrogen and oxygen atoms in total. The summed E-state index contributed by atoms with van der Waals surface area (Å²) in [5.74, 6) is -0.0566. The number of carboxylic acid groups (broad SMARTS) is 1. The van der Waals surface area contributed by atoms with Crippen LogP contribution in [0.1, 0.15) is 25.7 Å². The van der Waals surface area contributed by atoms with Crippen molar-refractivity contribution in [2.75, 3.05) is 19.7 Å². The molecule has 20 heavy (non-hydrogen) atoms. The van der Waals surface area contributed by atoms with Crippen molar-refractivity contribution in [2.24, 2.45) is 0 Å². The average molecular weight is 298 g/mol. The number of aliphatic carboxylic acids is 1. The molecular formula is C15H20ClNO3. The van der Waals surface area contributed by atoms with Gasteiger partial charge in [0.1, 0.15) is 12.4 Å². The maximum Gasteiger partial charge on any atom is 0.317 e. The summed E-state index contributed by atoms with van der Waals surface area (Å²) in [6.45, 7) is 1.19. The van der Waals surface area contributed by atoms with Crippen LogP contribution in [0.4, 0.5) is 0 Å². The standard InChI is InChI=1S/C15H20ClNO3/c16-12-4-3-7-14(10-12)20-9-8-17(11-15(18)19)13-5-1-2-6-13/h3-4,7,10,13H,1-2,5-6,8-9,11H2,(H,18,19). The fraction of sp³-hybridized carbons (Fsp3) is 0.533. The van der Waals surface area contributed by atoms with E-state index in [4.69, 9.17) is 21.4 Å². The Morgan fingerprint density at radius 2 is 2.15 bits per heavy atom. The Labute approximate surface area is 124 Å². The van der Waals surface area contributed by atoms with Crippen LogP contribution in [-0.4, -0.2) is 41.7 Å². The number of rotatable bonds is 7. The van der Waals surface area contributed by atoms with Crippen LogP contribution in [-0.2, 0) is 4.79 Å². The summed E-state index contributed by atoms with van der Waals surface area (Å²) in [5.41, 5.74) is 0. The van der Waals surface area contributed by atoms with Gasteiger partial charge in [0, 0.05) is 17.6 Å². The lowest BCUT2D eigenvalue weighted by Crippen LogP contribution is -2.40. The second-order valence-electron chi connectivity index (χ2n) is 5.11. The molecule has 0 amide bonds. The molecule has 1 N–H and O–H groups in total. The van der Waals surface area contributed by atoms with Gasteiger partial charge < -0.3 is 9.84 Å². The van der Waals surface area contributed by atoms with Gasteiger partial charge in [0.05, 0.1) is 6.54 Å². The molecule has 110 valence electrons. The highest BCUT2D eigenvalue weighted by Gasteiger charge is 2.23. The molecule has 1 aliphatic carbocycles. The smallest absolute Gasteiger partial charge is 0.317 e. The van der Waals surface area contributed by atoms with Gasteiger partial charge in [-0.15, -0.1) is 0 Å². The van der Waals surface area contributed by atoms with E-state index in [1.807, 2.05) is 17.0 Å². The zero-order chi connectivity index (χ0) is 14.4. The van der Waals surface area contributed by atoms with Gasteiger partial charge in [0.15, 0.2) is 0 Å². The number of carbonyl (C=O) groups is 1. The molecule has 1 aromatic rings. The van der Waals surface area contributed by atoms with Crippen molar-refractivity contribution in [3.63, 3.8) is 0 Å². The van der Waals surface area contributed by atoms with E-state index in [1.54, 1.807) is 12.1 Å². The lowest BCUT2D eigenvalue weighted by molar-refractivity contribution is -0.139. The first-order valence-corrected chi connectivity index (χ1v) is 7.37. The minimum atomic E-state index is -0.778. The molecule has 0 saturated heterocycles. The molecule has 1 aromatic carbocycles. The van der Waals surface area contributed by atoms with Gasteiger partial charge in [-0.3, -0.25) is 9.69 Å². The quantitative estimate of drug-likeness (QED) is 0.840. The molecule has 0 spiro atoms. The van der Waals surface area contributed by atoms with Crippen LogP contribution in [0, 0.1) is 0 Å². The lowest BCUT2D eigenvalue weighted by atomic mass is 10.2. The van der Waals surface area contributed by atoms with Crippen LogP contribution in [0.15, 0.2) is 24.3 Å². The molecular weight excluding hydrogens is 278 g/mol. The Hall–Kier alpha value is -1.26. The van der Waals surface area contributed by atoms with E-state index >= 15 is 0 Å². The summed E-state index contributed by atoms with van der Waals surface area (Å²) in [4.78, 5) is 13.0. The Bertz CT molecular complexity index is 446. The Morgan fingerprint density at radius 3 is 2.80 bits per heavy atom. The topological polar surface area (TPSA) is 49.8 Å². The number of hydrogen-bond acceptors (Lipinski definition) is 3. The van der Waals surface area contributed by atoms with E-state index in [2.05, 4.69) is 0 Å². The predicted octanol–water partition coefficient (Wildman–Crippen LogP) is 3.05. The third-order valence-electron chi connectivity index (χ3n) is 3.62. The second-order valence-corrected chi connectivity index (χ2v) is 5.54. The molecule has 1 saturated carbocycles. The number of hydrogen-bond donors (Lipinski definition) is 1. The minimum Gasteiger partial charge on any atom is -0.492 e. The van der Waals surface area contributed by atoms with Gasteiger partial charge in [0.2, 0.25) is 0 Å². The van der Waals surface area contributed by atoms with E-state index < -0.39 is 5.97 Å². The molecule has 1 aliphatic rings. The van der Waals surface area contributed by atoms with E-state index in [0.29, 0.717) is 24.2 Å². The summed E-state index contributed by atoms with van der Waals surface area (Å²) >= 11 is 5.89. The van der Waals surface area contributed by atoms with E-state index in [9.17, 15) is 4.79 Å². The summed E-state index contributed by atoms with van der Waals surface area (Å²) in [6.07, 6.45) is 4.56. The van der Waals surface area contributed by atoms with Crippen LogP contribution in [0.5, 0.6) is 5.75 Å². The monoisotopic (exact) mass is 297 g/mol. The third-order valence-corrected chi connectivity index (χ3v) is 3.86. The second kappa shape index (κ2) is 7.50. The summed E-state index contributed by atoms with van der Waals surface area (Å²) in [5, 5.41) is 9.64. The summed E-state index contributed by atoms with van der Waals surface area (Å²) < 4.78 is 5.64. The number of halogens is 1. The van der Waals surface area contributed by atoms with E-state index in [-0.39, 0.29) is 6.54 Å². The maximum atomic E-state index is 10.9. The Kier molecular flexibility index (Phi) is 5.68. The van der Waals surface area contributed by atoms with E-state index in [0.717, 1.165) is 18.6 Å². The molecule has 0 unspecified atom stereocenters. The molecule has 2 rings (SSSR count). The van der Waals surface area contributed by atoms with Gasteiger partial charge in [0.25, 0.3) is 0 Å². The van der Waals surface area contributed by atoms with Crippen molar-refractivity contribution in [3.05, 3.63) is 29.3 Å².